The number of hydrogen-bond donors (Lipinski definition) is 1. The van der Waals surface area contributed by atoms with Crippen LogP contribution in [-0.2, 0) is 11.3 Å². The lowest BCUT2D eigenvalue weighted by molar-refractivity contribution is -0.116. The number of benzene rings is 2. The van der Waals surface area contributed by atoms with Gasteiger partial charge in [-0.1, -0.05) is 33.6 Å². The first-order valence-corrected chi connectivity index (χ1v) is 9.43. The van der Waals surface area contributed by atoms with Crippen LogP contribution < -0.4 is 10.9 Å². The molecule has 0 saturated heterocycles. The predicted octanol–water partition coefficient (Wildman–Crippen LogP) is 3.64. The van der Waals surface area contributed by atoms with E-state index in [0.29, 0.717) is 27.4 Å². The van der Waals surface area contributed by atoms with Crippen molar-refractivity contribution in [2.75, 3.05) is 5.32 Å². The molecule has 0 aliphatic heterocycles. The third kappa shape index (κ3) is 3.69. The molecule has 0 spiro atoms. The molecular formula is C19H13BrClN5O2. The van der Waals surface area contributed by atoms with Gasteiger partial charge < -0.3 is 5.32 Å². The van der Waals surface area contributed by atoms with Gasteiger partial charge in [-0.3, -0.25) is 14.2 Å². The number of amides is 1. The molecule has 2 heterocycles. The molecule has 9 heteroatoms. The van der Waals surface area contributed by atoms with Crippen LogP contribution in [0.1, 0.15) is 0 Å². The Kier molecular flexibility index (Phi) is 4.97. The minimum atomic E-state index is -0.343. The highest BCUT2D eigenvalue weighted by Crippen LogP contribution is 2.18. The van der Waals surface area contributed by atoms with Crippen molar-refractivity contribution < 1.29 is 4.79 Å². The van der Waals surface area contributed by atoms with E-state index in [-0.39, 0.29) is 18.0 Å². The van der Waals surface area contributed by atoms with Crippen LogP contribution in [-0.4, -0.2) is 25.2 Å². The molecule has 7 nitrogen and oxygen atoms in total. The van der Waals surface area contributed by atoms with Crippen molar-refractivity contribution in [2.45, 2.75) is 6.54 Å². The SMILES string of the molecule is O=C(Cn1cnc2c(cnn2-c2cccc(Cl)c2)c1=O)Nc1ccc(Br)cc1. The third-order valence-electron chi connectivity index (χ3n) is 4.05. The van der Waals surface area contributed by atoms with Gasteiger partial charge in [0.25, 0.3) is 5.56 Å². The first-order valence-electron chi connectivity index (χ1n) is 8.26. The number of hydrogen-bond acceptors (Lipinski definition) is 4. The Morgan fingerprint density at radius 3 is 2.71 bits per heavy atom. The van der Waals surface area contributed by atoms with E-state index >= 15 is 0 Å². The van der Waals surface area contributed by atoms with Crippen LogP contribution in [0.4, 0.5) is 5.69 Å². The van der Waals surface area contributed by atoms with Gasteiger partial charge in [0.05, 0.1) is 11.9 Å². The molecule has 2 aromatic heterocycles. The van der Waals surface area contributed by atoms with Crippen molar-refractivity contribution >= 4 is 50.2 Å². The Balaban J connectivity index is 1.61. The average molecular weight is 459 g/mol. The summed E-state index contributed by atoms with van der Waals surface area (Å²) in [5.41, 5.74) is 1.39. The molecule has 28 heavy (non-hydrogen) atoms. The molecule has 0 unspecified atom stereocenters. The first-order chi connectivity index (χ1) is 13.5. The minimum absolute atomic E-state index is 0.153. The number of anilines is 1. The van der Waals surface area contributed by atoms with Crippen molar-refractivity contribution in [2.24, 2.45) is 0 Å². The second-order valence-electron chi connectivity index (χ2n) is 6.01. The molecule has 0 saturated carbocycles. The van der Waals surface area contributed by atoms with Gasteiger partial charge in [-0.2, -0.15) is 5.10 Å². The van der Waals surface area contributed by atoms with Crippen molar-refractivity contribution in [3.8, 4) is 5.69 Å². The van der Waals surface area contributed by atoms with Gasteiger partial charge in [0.15, 0.2) is 5.65 Å². The highest BCUT2D eigenvalue weighted by molar-refractivity contribution is 9.10. The van der Waals surface area contributed by atoms with E-state index in [1.807, 2.05) is 18.2 Å². The van der Waals surface area contributed by atoms with Crippen LogP contribution >= 0.6 is 27.5 Å². The molecule has 4 rings (SSSR count). The fraction of sp³-hybridized carbons (Fsp3) is 0.0526. The molecule has 1 N–H and O–H groups in total. The maximum Gasteiger partial charge on any atom is 0.264 e. The number of nitrogens with zero attached hydrogens (tertiary/aromatic N) is 4. The van der Waals surface area contributed by atoms with Gasteiger partial charge in [0.2, 0.25) is 5.91 Å². The molecule has 2 aromatic carbocycles. The summed E-state index contributed by atoms with van der Waals surface area (Å²) in [6.45, 7) is -0.153. The van der Waals surface area contributed by atoms with E-state index in [0.717, 1.165) is 4.47 Å². The monoisotopic (exact) mass is 457 g/mol. The number of carbonyl (C=O) groups excluding carboxylic acids is 1. The summed E-state index contributed by atoms with van der Waals surface area (Å²) in [5.74, 6) is -0.326. The van der Waals surface area contributed by atoms with Gasteiger partial charge >= 0.3 is 0 Å². The summed E-state index contributed by atoms with van der Waals surface area (Å²) in [5, 5.41) is 7.86. The van der Waals surface area contributed by atoms with E-state index in [1.165, 1.54) is 21.8 Å². The average Bonchev–Trinajstić information content (AvgIpc) is 3.11. The van der Waals surface area contributed by atoms with Crippen LogP contribution in [0.3, 0.4) is 0 Å². The maximum atomic E-state index is 12.7. The lowest BCUT2D eigenvalue weighted by Crippen LogP contribution is -2.27. The Hall–Kier alpha value is -2.97. The Bertz CT molecular complexity index is 1230. The zero-order chi connectivity index (χ0) is 19.7. The molecule has 140 valence electrons. The summed E-state index contributed by atoms with van der Waals surface area (Å²) in [6.07, 6.45) is 2.78. The van der Waals surface area contributed by atoms with E-state index in [9.17, 15) is 9.59 Å². The molecule has 4 aromatic rings. The Morgan fingerprint density at radius 1 is 1.18 bits per heavy atom. The number of aromatic nitrogens is 4. The second kappa shape index (κ2) is 7.57. The first kappa shape index (κ1) is 18.4. The van der Waals surface area contributed by atoms with Crippen LogP contribution in [0.25, 0.3) is 16.7 Å². The van der Waals surface area contributed by atoms with Crippen LogP contribution in [0.5, 0.6) is 0 Å². The summed E-state index contributed by atoms with van der Waals surface area (Å²) < 4.78 is 3.70. The van der Waals surface area contributed by atoms with E-state index in [2.05, 4.69) is 31.3 Å². The van der Waals surface area contributed by atoms with Gasteiger partial charge in [0.1, 0.15) is 18.3 Å². The van der Waals surface area contributed by atoms with E-state index < -0.39 is 0 Å². The van der Waals surface area contributed by atoms with Gasteiger partial charge in [0, 0.05) is 15.2 Å². The van der Waals surface area contributed by atoms with E-state index in [1.54, 1.807) is 30.3 Å². The quantitative estimate of drug-likeness (QED) is 0.506. The van der Waals surface area contributed by atoms with Gasteiger partial charge in [-0.05, 0) is 42.5 Å². The topological polar surface area (TPSA) is 81.8 Å². The molecule has 0 bridgehead atoms. The maximum absolute atomic E-state index is 12.7. The lowest BCUT2D eigenvalue weighted by atomic mass is 10.3. The number of rotatable bonds is 4. The Labute approximate surface area is 172 Å². The second-order valence-corrected chi connectivity index (χ2v) is 7.36. The number of carbonyl (C=O) groups is 1. The zero-order valence-corrected chi connectivity index (χ0v) is 16.7. The molecule has 0 radical (unpaired) electrons. The van der Waals surface area contributed by atoms with Gasteiger partial charge in [-0.25, -0.2) is 9.67 Å². The number of fused-ring (bicyclic) bond motifs is 1. The predicted molar refractivity (Wildman–Crippen MR) is 111 cm³/mol. The number of halogens is 2. The van der Waals surface area contributed by atoms with Crippen LogP contribution in [0.15, 0.2) is 70.3 Å². The number of nitrogens with one attached hydrogen (secondary N) is 1. The molecule has 0 fully saturated rings. The van der Waals surface area contributed by atoms with Crippen molar-refractivity contribution in [3.05, 3.63) is 80.9 Å². The van der Waals surface area contributed by atoms with Crippen molar-refractivity contribution in [1.82, 2.24) is 19.3 Å². The fourth-order valence-electron chi connectivity index (χ4n) is 2.75. The Morgan fingerprint density at radius 2 is 1.96 bits per heavy atom. The van der Waals surface area contributed by atoms with Crippen molar-refractivity contribution in [1.29, 1.82) is 0 Å². The summed E-state index contributed by atoms with van der Waals surface area (Å²) in [4.78, 5) is 29.3. The molecule has 0 aliphatic rings. The van der Waals surface area contributed by atoms with Crippen molar-refractivity contribution in [3.63, 3.8) is 0 Å². The normalized spacial score (nSPS) is 10.9. The molecule has 0 atom stereocenters. The van der Waals surface area contributed by atoms with E-state index in [4.69, 9.17) is 11.6 Å². The standard InChI is InChI=1S/C19H13BrClN5O2/c20-12-4-6-14(7-5-12)24-17(27)10-25-11-22-18-16(19(25)28)9-23-26(18)15-3-1-2-13(21)8-15/h1-9,11H,10H2,(H,24,27). The van der Waals surface area contributed by atoms with Crippen LogP contribution in [0, 0.1) is 0 Å². The lowest BCUT2D eigenvalue weighted by Gasteiger charge is -2.08. The van der Waals surface area contributed by atoms with Crippen LogP contribution in [0.2, 0.25) is 5.02 Å². The summed E-state index contributed by atoms with van der Waals surface area (Å²) in [6, 6.07) is 14.3. The molecular weight excluding hydrogens is 446 g/mol. The molecule has 0 aliphatic carbocycles. The summed E-state index contributed by atoms with van der Waals surface area (Å²) >= 11 is 9.37. The molecule has 1 amide bonds. The zero-order valence-electron chi connectivity index (χ0n) is 14.3. The third-order valence-corrected chi connectivity index (χ3v) is 4.81. The summed E-state index contributed by atoms with van der Waals surface area (Å²) in [7, 11) is 0. The largest absolute Gasteiger partial charge is 0.325 e. The fourth-order valence-corrected chi connectivity index (χ4v) is 3.20. The highest BCUT2D eigenvalue weighted by atomic mass is 79.9. The minimum Gasteiger partial charge on any atom is -0.325 e. The highest BCUT2D eigenvalue weighted by Gasteiger charge is 2.13. The van der Waals surface area contributed by atoms with Gasteiger partial charge in [-0.15, -0.1) is 0 Å². The smallest absolute Gasteiger partial charge is 0.264 e.